The first-order chi connectivity index (χ1) is 9.02. The third-order valence-corrected chi connectivity index (χ3v) is 3.77. The molecule has 2 aromatic rings. The van der Waals surface area contributed by atoms with Crippen LogP contribution in [0, 0.1) is 5.82 Å². The molecule has 5 N–H and O–H groups in total. The normalized spacial score (nSPS) is 12.6. The lowest BCUT2D eigenvalue weighted by molar-refractivity contribution is 0.551. The molecule has 1 aromatic carbocycles. The fraction of sp³-hybridized carbons (Fsp3) is 0.250. The van der Waals surface area contributed by atoms with Crippen molar-refractivity contribution >= 4 is 21.7 Å². The summed E-state index contributed by atoms with van der Waals surface area (Å²) in [4.78, 5) is 0. The van der Waals surface area contributed by atoms with Crippen molar-refractivity contribution in [1.29, 1.82) is 0 Å². The molecule has 0 aliphatic rings. The zero-order valence-corrected chi connectivity index (χ0v) is 12.0. The van der Waals surface area contributed by atoms with Gasteiger partial charge in [0.05, 0.1) is 12.2 Å². The van der Waals surface area contributed by atoms with Crippen LogP contribution in [0.15, 0.2) is 28.9 Å². The second-order valence-electron chi connectivity index (χ2n) is 4.27. The number of hydrogen-bond acceptors (Lipinski definition) is 4. The van der Waals surface area contributed by atoms with Crippen LogP contribution in [0.4, 0.5) is 10.2 Å². The van der Waals surface area contributed by atoms with Gasteiger partial charge in [0.25, 0.3) is 0 Å². The van der Waals surface area contributed by atoms with E-state index >= 15 is 0 Å². The maximum Gasteiger partial charge on any atom is 0.126 e. The molecule has 0 saturated carbocycles. The van der Waals surface area contributed by atoms with E-state index < -0.39 is 0 Å². The van der Waals surface area contributed by atoms with Gasteiger partial charge in [-0.2, -0.15) is 5.10 Å². The highest BCUT2D eigenvalue weighted by Gasteiger charge is 2.18. The summed E-state index contributed by atoms with van der Waals surface area (Å²) >= 11 is 3.34. The Kier molecular flexibility index (Phi) is 4.18. The topological polar surface area (TPSA) is 81.9 Å². The summed E-state index contributed by atoms with van der Waals surface area (Å²) in [6.45, 7) is 0. The number of rotatable bonds is 4. The maximum atomic E-state index is 13.1. The third-order valence-electron chi connectivity index (χ3n) is 3.03. The molecule has 5 nitrogen and oxygen atoms in total. The number of halogens is 2. The molecule has 102 valence electrons. The molecule has 0 saturated heterocycles. The summed E-state index contributed by atoms with van der Waals surface area (Å²) in [5.74, 6) is 5.85. The summed E-state index contributed by atoms with van der Waals surface area (Å²) in [7, 11) is 1.76. The van der Waals surface area contributed by atoms with Gasteiger partial charge in [-0.15, -0.1) is 0 Å². The minimum absolute atomic E-state index is 0.185. The van der Waals surface area contributed by atoms with Gasteiger partial charge in [-0.05, 0) is 24.1 Å². The highest BCUT2D eigenvalue weighted by atomic mass is 79.9. The fourth-order valence-corrected chi connectivity index (χ4v) is 2.41. The highest BCUT2D eigenvalue weighted by Crippen LogP contribution is 2.26. The van der Waals surface area contributed by atoms with E-state index in [1.807, 2.05) is 0 Å². The van der Waals surface area contributed by atoms with E-state index in [0.717, 1.165) is 11.1 Å². The molecule has 0 aliphatic carbocycles. The minimum atomic E-state index is -0.284. The van der Waals surface area contributed by atoms with E-state index in [4.69, 9.17) is 11.6 Å². The third kappa shape index (κ3) is 2.94. The van der Waals surface area contributed by atoms with Gasteiger partial charge in [0.1, 0.15) is 11.6 Å². The first-order valence-electron chi connectivity index (χ1n) is 5.70. The second-order valence-corrected chi connectivity index (χ2v) is 5.12. The Hall–Kier alpha value is -1.44. The predicted octanol–water partition coefficient (Wildman–Crippen LogP) is 1.65. The molecule has 0 amide bonds. The number of aromatic nitrogens is 2. The number of aryl methyl sites for hydroxylation is 1. The Labute approximate surface area is 118 Å². The summed E-state index contributed by atoms with van der Waals surface area (Å²) < 4.78 is 15.3. The van der Waals surface area contributed by atoms with Crippen LogP contribution in [0.3, 0.4) is 0 Å². The molecule has 1 aromatic heterocycles. The molecule has 0 fully saturated rings. The molecular weight excluding hydrogens is 313 g/mol. The minimum Gasteiger partial charge on any atom is -0.384 e. The summed E-state index contributed by atoms with van der Waals surface area (Å²) in [6.07, 6.45) is 2.25. The van der Waals surface area contributed by atoms with Crippen molar-refractivity contribution in [3.05, 3.63) is 45.8 Å². The van der Waals surface area contributed by atoms with Gasteiger partial charge in [0.15, 0.2) is 0 Å². The SMILES string of the molecule is Cn1ncc(C(Cc2ccc(F)cc2Br)NN)c1N. The van der Waals surface area contributed by atoms with E-state index in [9.17, 15) is 4.39 Å². The number of benzene rings is 1. The molecule has 0 radical (unpaired) electrons. The largest absolute Gasteiger partial charge is 0.384 e. The van der Waals surface area contributed by atoms with E-state index in [1.165, 1.54) is 12.1 Å². The van der Waals surface area contributed by atoms with Crippen molar-refractivity contribution in [2.24, 2.45) is 12.9 Å². The summed E-state index contributed by atoms with van der Waals surface area (Å²) in [6, 6.07) is 4.38. The summed E-state index contributed by atoms with van der Waals surface area (Å²) in [5, 5.41) is 4.09. The zero-order valence-electron chi connectivity index (χ0n) is 10.4. The van der Waals surface area contributed by atoms with E-state index in [-0.39, 0.29) is 11.9 Å². The van der Waals surface area contributed by atoms with Crippen LogP contribution in [0.2, 0.25) is 0 Å². The van der Waals surface area contributed by atoms with Crippen LogP contribution in [-0.4, -0.2) is 9.78 Å². The van der Waals surface area contributed by atoms with Gasteiger partial charge in [-0.1, -0.05) is 22.0 Å². The number of nitrogens with zero attached hydrogens (tertiary/aromatic N) is 2. The molecule has 0 bridgehead atoms. The lowest BCUT2D eigenvalue weighted by Gasteiger charge is -2.16. The first-order valence-corrected chi connectivity index (χ1v) is 6.49. The number of nitrogens with one attached hydrogen (secondary N) is 1. The monoisotopic (exact) mass is 327 g/mol. The zero-order chi connectivity index (χ0) is 14.0. The Balaban J connectivity index is 2.26. The predicted molar refractivity (Wildman–Crippen MR) is 75.5 cm³/mol. The van der Waals surface area contributed by atoms with Crippen molar-refractivity contribution in [3.8, 4) is 0 Å². The average Bonchev–Trinajstić information content (AvgIpc) is 2.70. The number of nitrogen functional groups attached to an aromatic ring is 1. The Morgan fingerprint density at radius 1 is 1.53 bits per heavy atom. The van der Waals surface area contributed by atoms with Crippen molar-refractivity contribution < 1.29 is 4.39 Å². The second kappa shape index (κ2) is 5.68. The molecule has 0 spiro atoms. The number of hydrazine groups is 1. The molecule has 0 aliphatic heterocycles. The maximum absolute atomic E-state index is 13.1. The molecular formula is C12H15BrFN5. The van der Waals surface area contributed by atoms with Crippen molar-refractivity contribution in [2.45, 2.75) is 12.5 Å². The van der Waals surface area contributed by atoms with Crippen molar-refractivity contribution in [3.63, 3.8) is 0 Å². The quantitative estimate of drug-likeness (QED) is 0.589. The average molecular weight is 328 g/mol. The Bertz CT molecular complexity index is 583. The first kappa shape index (κ1) is 14.0. The van der Waals surface area contributed by atoms with Gasteiger partial charge >= 0.3 is 0 Å². The smallest absolute Gasteiger partial charge is 0.126 e. The standard InChI is InChI=1S/C12H15BrFN5/c1-19-12(15)9(6-17-19)11(18-16)4-7-2-3-8(14)5-10(7)13/h2-3,5-6,11,18H,4,15-16H2,1H3. The van der Waals surface area contributed by atoms with Crippen LogP contribution in [0.25, 0.3) is 0 Å². The Morgan fingerprint density at radius 3 is 2.79 bits per heavy atom. The number of nitrogens with two attached hydrogens (primary N) is 2. The van der Waals surface area contributed by atoms with Crippen molar-refractivity contribution in [1.82, 2.24) is 15.2 Å². The van der Waals surface area contributed by atoms with Gasteiger partial charge in [-0.3, -0.25) is 16.0 Å². The van der Waals surface area contributed by atoms with Crippen LogP contribution in [0.1, 0.15) is 17.2 Å². The lowest BCUT2D eigenvalue weighted by atomic mass is 10.0. The lowest BCUT2D eigenvalue weighted by Crippen LogP contribution is -2.30. The van der Waals surface area contributed by atoms with Crippen LogP contribution in [0.5, 0.6) is 0 Å². The van der Waals surface area contributed by atoms with E-state index in [0.29, 0.717) is 16.7 Å². The van der Waals surface area contributed by atoms with Crippen LogP contribution in [-0.2, 0) is 13.5 Å². The molecule has 2 rings (SSSR count). The number of hydrogen-bond donors (Lipinski definition) is 3. The fourth-order valence-electron chi connectivity index (χ4n) is 1.90. The molecule has 1 unspecified atom stereocenters. The van der Waals surface area contributed by atoms with Gasteiger partial charge in [0, 0.05) is 17.1 Å². The molecule has 7 heteroatoms. The van der Waals surface area contributed by atoms with Crippen molar-refractivity contribution in [2.75, 3.05) is 5.73 Å². The molecule has 1 heterocycles. The van der Waals surface area contributed by atoms with Gasteiger partial charge in [-0.25, -0.2) is 4.39 Å². The van der Waals surface area contributed by atoms with Gasteiger partial charge in [0.2, 0.25) is 0 Å². The number of anilines is 1. The van der Waals surface area contributed by atoms with Crippen LogP contribution >= 0.6 is 15.9 Å². The summed E-state index contributed by atoms with van der Waals surface area (Å²) in [5.41, 5.74) is 10.4. The van der Waals surface area contributed by atoms with Gasteiger partial charge < -0.3 is 5.73 Å². The van der Waals surface area contributed by atoms with E-state index in [1.54, 1.807) is 24.0 Å². The Morgan fingerprint density at radius 2 is 2.26 bits per heavy atom. The molecule has 1 atom stereocenters. The highest BCUT2D eigenvalue weighted by molar-refractivity contribution is 9.10. The molecule has 19 heavy (non-hydrogen) atoms. The van der Waals surface area contributed by atoms with Crippen LogP contribution < -0.4 is 17.0 Å². The van der Waals surface area contributed by atoms with E-state index in [2.05, 4.69) is 26.5 Å².